The third-order valence-corrected chi connectivity index (χ3v) is 4.43. The van der Waals surface area contributed by atoms with Gasteiger partial charge in [-0.05, 0) is 43.7 Å². The summed E-state index contributed by atoms with van der Waals surface area (Å²) < 4.78 is 38.3. The average molecular weight is 416 g/mol. The van der Waals surface area contributed by atoms with Crippen LogP contribution in [0, 0.1) is 0 Å². The second-order valence-electron chi connectivity index (χ2n) is 6.49. The molecule has 0 fully saturated rings. The van der Waals surface area contributed by atoms with E-state index in [1.165, 1.54) is 12.1 Å². The van der Waals surface area contributed by atoms with Gasteiger partial charge < -0.3 is 15.5 Å². The number of nitrogens with zero attached hydrogens (tertiary/aromatic N) is 4. The average Bonchev–Trinajstić information content (AvgIpc) is 2.74. The van der Waals surface area contributed by atoms with Gasteiger partial charge in [-0.25, -0.2) is 0 Å². The van der Waals surface area contributed by atoms with Crippen LogP contribution in [0.4, 0.5) is 36.7 Å². The van der Waals surface area contributed by atoms with E-state index in [0.29, 0.717) is 37.2 Å². The zero-order valence-corrected chi connectivity index (χ0v) is 16.7. The molecule has 0 atom stereocenters. The van der Waals surface area contributed by atoms with Gasteiger partial charge in [-0.1, -0.05) is 30.3 Å². The smallest absolute Gasteiger partial charge is 0.350 e. The van der Waals surface area contributed by atoms with Gasteiger partial charge in [0, 0.05) is 25.3 Å². The highest BCUT2D eigenvalue weighted by atomic mass is 19.4. The molecular formula is C21H23F3N6. The lowest BCUT2D eigenvalue weighted by Crippen LogP contribution is -2.25. The lowest BCUT2D eigenvalue weighted by Gasteiger charge is -2.20. The van der Waals surface area contributed by atoms with Gasteiger partial charge in [0.1, 0.15) is 0 Å². The molecule has 0 spiro atoms. The molecule has 0 unspecified atom stereocenters. The number of benzene rings is 2. The van der Waals surface area contributed by atoms with E-state index in [0.717, 1.165) is 17.7 Å². The summed E-state index contributed by atoms with van der Waals surface area (Å²) in [6.07, 6.45) is -4.38. The SMILES string of the molecule is CCN(CC)c1nc(NCc2ccccc2)nc(Nc2ccc(C(F)(F)F)cc2)n1. The predicted octanol–water partition coefficient (Wildman–Crippen LogP) is 5.09. The monoisotopic (exact) mass is 416 g/mol. The van der Waals surface area contributed by atoms with Gasteiger partial charge in [0.15, 0.2) is 0 Å². The molecule has 3 aromatic rings. The van der Waals surface area contributed by atoms with Crippen LogP contribution in [0.5, 0.6) is 0 Å². The van der Waals surface area contributed by atoms with E-state index in [2.05, 4.69) is 25.6 Å². The van der Waals surface area contributed by atoms with Crippen molar-refractivity contribution in [1.82, 2.24) is 15.0 Å². The van der Waals surface area contributed by atoms with Gasteiger partial charge in [0.25, 0.3) is 0 Å². The Morgan fingerprint density at radius 2 is 1.47 bits per heavy atom. The normalized spacial score (nSPS) is 11.2. The quantitative estimate of drug-likeness (QED) is 0.533. The molecule has 0 bridgehead atoms. The molecule has 9 heteroatoms. The minimum atomic E-state index is -4.38. The van der Waals surface area contributed by atoms with Crippen molar-refractivity contribution in [3.05, 3.63) is 65.7 Å². The fourth-order valence-corrected chi connectivity index (χ4v) is 2.80. The Labute approximate surface area is 173 Å². The summed E-state index contributed by atoms with van der Waals surface area (Å²) in [6, 6.07) is 14.5. The van der Waals surface area contributed by atoms with E-state index in [1.54, 1.807) is 0 Å². The Morgan fingerprint density at radius 1 is 0.833 bits per heavy atom. The third-order valence-electron chi connectivity index (χ3n) is 4.43. The van der Waals surface area contributed by atoms with E-state index in [1.807, 2.05) is 49.1 Å². The molecule has 3 rings (SSSR count). The summed E-state index contributed by atoms with van der Waals surface area (Å²) >= 11 is 0. The molecule has 158 valence electrons. The van der Waals surface area contributed by atoms with Crippen molar-refractivity contribution in [1.29, 1.82) is 0 Å². The Hall–Kier alpha value is -3.36. The summed E-state index contributed by atoms with van der Waals surface area (Å²) in [5.74, 6) is 1.12. The summed E-state index contributed by atoms with van der Waals surface area (Å²) in [4.78, 5) is 15.2. The van der Waals surface area contributed by atoms with Gasteiger partial charge in [0.2, 0.25) is 17.8 Å². The number of hydrogen-bond acceptors (Lipinski definition) is 6. The molecule has 0 saturated heterocycles. The molecule has 6 nitrogen and oxygen atoms in total. The summed E-state index contributed by atoms with van der Waals surface area (Å²) in [5.41, 5.74) is 0.811. The van der Waals surface area contributed by atoms with Gasteiger partial charge >= 0.3 is 6.18 Å². The second-order valence-corrected chi connectivity index (χ2v) is 6.49. The van der Waals surface area contributed by atoms with Crippen molar-refractivity contribution in [3.8, 4) is 0 Å². The van der Waals surface area contributed by atoms with E-state index in [-0.39, 0.29) is 5.95 Å². The lowest BCUT2D eigenvalue weighted by atomic mass is 10.2. The molecule has 0 aliphatic heterocycles. The molecule has 30 heavy (non-hydrogen) atoms. The fourth-order valence-electron chi connectivity index (χ4n) is 2.80. The molecule has 0 aliphatic rings. The molecular weight excluding hydrogens is 393 g/mol. The first-order chi connectivity index (χ1) is 14.4. The standard InChI is InChI=1S/C21H23F3N6/c1-3-30(4-2)20-28-18(25-14-15-8-6-5-7-9-15)27-19(29-20)26-17-12-10-16(11-13-17)21(22,23)24/h5-13H,3-4,14H2,1-2H3,(H2,25,26,27,28,29). The van der Waals surface area contributed by atoms with Gasteiger partial charge in [-0.15, -0.1) is 0 Å². The van der Waals surface area contributed by atoms with Crippen molar-refractivity contribution >= 4 is 23.5 Å². The number of nitrogens with one attached hydrogen (secondary N) is 2. The van der Waals surface area contributed by atoms with E-state index in [4.69, 9.17) is 0 Å². The number of alkyl halides is 3. The summed E-state index contributed by atoms with van der Waals surface area (Å²) in [7, 11) is 0. The second kappa shape index (κ2) is 9.43. The predicted molar refractivity (Wildman–Crippen MR) is 112 cm³/mol. The molecule has 0 aliphatic carbocycles. The van der Waals surface area contributed by atoms with Gasteiger partial charge in [-0.2, -0.15) is 28.1 Å². The number of aromatic nitrogens is 3. The van der Waals surface area contributed by atoms with Crippen molar-refractivity contribution in [3.63, 3.8) is 0 Å². The van der Waals surface area contributed by atoms with Gasteiger partial charge in [0.05, 0.1) is 5.56 Å². The van der Waals surface area contributed by atoms with Crippen molar-refractivity contribution in [2.75, 3.05) is 28.6 Å². The molecule has 0 saturated carbocycles. The van der Waals surface area contributed by atoms with Crippen molar-refractivity contribution < 1.29 is 13.2 Å². The van der Waals surface area contributed by atoms with Crippen LogP contribution in [0.25, 0.3) is 0 Å². The lowest BCUT2D eigenvalue weighted by molar-refractivity contribution is -0.137. The number of rotatable bonds is 8. The first-order valence-corrected chi connectivity index (χ1v) is 9.62. The van der Waals surface area contributed by atoms with E-state index >= 15 is 0 Å². The van der Waals surface area contributed by atoms with Crippen LogP contribution in [0.1, 0.15) is 25.0 Å². The van der Waals surface area contributed by atoms with Crippen LogP contribution in [0.2, 0.25) is 0 Å². The van der Waals surface area contributed by atoms with Crippen LogP contribution in [-0.4, -0.2) is 28.0 Å². The Bertz CT molecular complexity index is 941. The zero-order valence-electron chi connectivity index (χ0n) is 16.7. The first-order valence-electron chi connectivity index (χ1n) is 9.62. The summed E-state index contributed by atoms with van der Waals surface area (Å²) in [6.45, 7) is 5.93. The van der Waals surface area contributed by atoms with E-state index in [9.17, 15) is 13.2 Å². The Morgan fingerprint density at radius 3 is 2.07 bits per heavy atom. The van der Waals surface area contributed by atoms with E-state index < -0.39 is 11.7 Å². The number of hydrogen-bond donors (Lipinski definition) is 2. The fraction of sp³-hybridized carbons (Fsp3) is 0.286. The molecule has 2 aromatic carbocycles. The minimum absolute atomic E-state index is 0.252. The number of anilines is 4. The molecule has 2 N–H and O–H groups in total. The minimum Gasteiger partial charge on any atom is -0.350 e. The largest absolute Gasteiger partial charge is 0.416 e. The van der Waals surface area contributed by atoms with Crippen LogP contribution in [0.3, 0.4) is 0 Å². The van der Waals surface area contributed by atoms with Crippen LogP contribution in [0.15, 0.2) is 54.6 Å². The highest BCUT2D eigenvalue weighted by Gasteiger charge is 2.30. The maximum absolute atomic E-state index is 12.8. The third kappa shape index (κ3) is 5.59. The molecule has 1 heterocycles. The first kappa shape index (κ1) is 21.4. The van der Waals surface area contributed by atoms with Crippen LogP contribution in [-0.2, 0) is 12.7 Å². The Kier molecular flexibility index (Phi) is 6.71. The maximum atomic E-state index is 12.8. The van der Waals surface area contributed by atoms with Crippen LogP contribution >= 0.6 is 0 Å². The Balaban J connectivity index is 1.83. The van der Waals surface area contributed by atoms with Gasteiger partial charge in [-0.3, -0.25) is 0 Å². The van der Waals surface area contributed by atoms with Crippen molar-refractivity contribution in [2.24, 2.45) is 0 Å². The summed E-state index contributed by atoms with van der Waals surface area (Å²) in [5, 5.41) is 6.15. The highest BCUT2D eigenvalue weighted by Crippen LogP contribution is 2.30. The number of halogens is 3. The van der Waals surface area contributed by atoms with Crippen LogP contribution < -0.4 is 15.5 Å². The molecule has 0 radical (unpaired) electrons. The highest BCUT2D eigenvalue weighted by molar-refractivity contribution is 5.56. The van der Waals surface area contributed by atoms with Crippen molar-refractivity contribution in [2.45, 2.75) is 26.6 Å². The topological polar surface area (TPSA) is 66.0 Å². The maximum Gasteiger partial charge on any atom is 0.416 e. The zero-order chi connectivity index (χ0) is 21.6. The molecule has 1 aromatic heterocycles. The molecule has 0 amide bonds.